The van der Waals surface area contributed by atoms with Crippen molar-refractivity contribution in [3.63, 3.8) is 0 Å². The zero-order valence-corrected chi connectivity index (χ0v) is 8.42. The number of carbonyl (C=O) groups excluding carboxylic acids is 1. The molecule has 0 radical (unpaired) electrons. The summed E-state index contributed by atoms with van der Waals surface area (Å²) in [5, 5.41) is 12.6. The first-order chi connectivity index (χ1) is 6.15. The van der Waals surface area contributed by atoms with Crippen LogP contribution >= 0.6 is 0 Å². The van der Waals surface area contributed by atoms with Gasteiger partial charge in [-0.2, -0.15) is 0 Å². The van der Waals surface area contributed by atoms with E-state index in [2.05, 4.69) is 19.2 Å². The van der Waals surface area contributed by atoms with E-state index in [1.807, 2.05) is 0 Å². The molecule has 0 aromatic heterocycles. The molecule has 1 aliphatic heterocycles. The molecule has 0 aliphatic carbocycles. The monoisotopic (exact) mass is 185 g/mol. The molecule has 0 saturated carbocycles. The lowest BCUT2D eigenvalue weighted by Gasteiger charge is -2.26. The lowest BCUT2D eigenvalue weighted by atomic mass is 9.93. The van der Waals surface area contributed by atoms with Crippen molar-refractivity contribution in [2.24, 2.45) is 5.92 Å². The Morgan fingerprint density at radius 3 is 3.00 bits per heavy atom. The van der Waals surface area contributed by atoms with Gasteiger partial charge in [-0.05, 0) is 18.8 Å². The molecule has 3 heteroatoms. The fraction of sp³-hybridized carbons (Fsp3) is 0.900. The van der Waals surface area contributed by atoms with Crippen LogP contribution in [-0.2, 0) is 4.79 Å². The van der Waals surface area contributed by atoms with Crippen LogP contribution in [-0.4, -0.2) is 23.2 Å². The van der Waals surface area contributed by atoms with Gasteiger partial charge in [0.1, 0.15) is 0 Å². The first-order valence-corrected chi connectivity index (χ1v) is 5.12. The number of aliphatic hydroxyl groups excluding tert-OH is 1. The first kappa shape index (κ1) is 10.5. The van der Waals surface area contributed by atoms with Crippen LogP contribution in [0.4, 0.5) is 0 Å². The van der Waals surface area contributed by atoms with Crippen molar-refractivity contribution in [3.8, 4) is 0 Å². The molecular weight excluding hydrogens is 166 g/mol. The van der Waals surface area contributed by atoms with Crippen LogP contribution in [0.1, 0.15) is 39.5 Å². The van der Waals surface area contributed by atoms with Gasteiger partial charge in [-0.3, -0.25) is 4.79 Å². The van der Waals surface area contributed by atoms with E-state index in [9.17, 15) is 9.90 Å². The fourth-order valence-electron chi connectivity index (χ4n) is 1.78. The summed E-state index contributed by atoms with van der Waals surface area (Å²) >= 11 is 0. The normalized spacial score (nSPS) is 32.1. The minimum atomic E-state index is -0.360. The van der Waals surface area contributed by atoms with Crippen LogP contribution < -0.4 is 5.32 Å². The summed E-state index contributed by atoms with van der Waals surface area (Å²) < 4.78 is 0. The molecule has 1 amide bonds. The maximum absolute atomic E-state index is 11.2. The van der Waals surface area contributed by atoms with Gasteiger partial charge in [-0.25, -0.2) is 0 Å². The quantitative estimate of drug-likeness (QED) is 0.676. The van der Waals surface area contributed by atoms with Crippen LogP contribution in [0.15, 0.2) is 0 Å². The van der Waals surface area contributed by atoms with Crippen molar-refractivity contribution in [2.45, 2.75) is 51.7 Å². The molecule has 0 aromatic rings. The van der Waals surface area contributed by atoms with Crippen molar-refractivity contribution in [1.29, 1.82) is 0 Å². The summed E-state index contributed by atoms with van der Waals surface area (Å²) in [5.41, 5.74) is 0. The summed E-state index contributed by atoms with van der Waals surface area (Å²) in [6, 6.07) is -0.0417. The van der Waals surface area contributed by atoms with Gasteiger partial charge in [0.15, 0.2) is 0 Å². The van der Waals surface area contributed by atoms with Crippen LogP contribution in [0.25, 0.3) is 0 Å². The third kappa shape index (κ3) is 2.69. The van der Waals surface area contributed by atoms with E-state index in [4.69, 9.17) is 0 Å². The van der Waals surface area contributed by atoms with E-state index in [-0.39, 0.29) is 18.1 Å². The van der Waals surface area contributed by atoms with Crippen molar-refractivity contribution in [1.82, 2.24) is 5.32 Å². The third-order valence-corrected chi connectivity index (χ3v) is 2.90. The number of aliphatic hydroxyl groups is 1. The molecule has 3 atom stereocenters. The number of hydrogen-bond acceptors (Lipinski definition) is 2. The highest BCUT2D eigenvalue weighted by atomic mass is 16.3. The fourth-order valence-corrected chi connectivity index (χ4v) is 1.78. The molecule has 3 unspecified atom stereocenters. The molecule has 1 aliphatic rings. The Kier molecular flexibility index (Phi) is 3.72. The van der Waals surface area contributed by atoms with Gasteiger partial charge in [-0.1, -0.05) is 20.3 Å². The van der Waals surface area contributed by atoms with Gasteiger partial charge in [0, 0.05) is 6.42 Å². The Labute approximate surface area is 79.5 Å². The molecule has 2 N–H and O–H groups in total. The maximum Gasteiger partial charge on any atom is 0.220 e. The van der Waals surface area contributed by atoms with Crippen molar-refractivity contribution >= 4 is 5.91 Å². The Morgan fingerprint density at radius 1 is 1.69 bits per heavy atom. The SMILES string of the molecule is CCC(C)C1NC(=O)CCCC1O. The number of carbonyl (C=O) groups is 1. The average Bonchev–Trinajstić information content (AvgIpc) is 2.27. The molecular formula is C10H19NO2. The Hall–Kier alpha value is -0.570. The Balaban J connectivity index is 2.61. The Morgan fingerprint density at radius 2 is 2.38 bits per heavy atom. The van der Waals surface area contributed by atoms with E-state index in [0.29, 0.717) is 12.3 Å². The molecule has 1 rings (SSSR count). The highest BCUT2D eigenvalue weighted by molar-refractivity contribution is 5.76. The van der Waals surface area contributed by atoms with Crippen LogP contribution in [0.5, 0.6) is 0 Å². The minimum Gasteiger partial charge on any atom is -0.391 e. The van der Waals surface area contributed by atoms with Crippen molar-refractivity contribution in [2.75, 3.05) is 0 Å². The second-order valence-corrected chi connectivity index (χ2v) is 3.94. The van der Waals surface area contributed by atoms with Crippen molar-refractivity contribution < 1.29 is 9.90 Å². The zero-order valence-electron chi connectivity index (χ0n) is 8.42. The lowest BCUT2D eigenvalue weighted by molar-refractivity contribution is -0.122. The second kappa shape index (κ2) is 4.61. The molecule has 0 bridgehead atoms. The summed E-state index contributed by atoms with van der Waals surface area (Å²) in [6.07, 6.45) is 2.74. The average molecular weight is 185 g/mol. The van der Waals surface area contributed by atoms with E-state index in [1.165, 1.54) is 0 Å². The number of amides is 1. The predicted molar refractivity (Wildman–Crippen MR) is 51.2 cm³/mol. The van der Waals surface area contributed by atoms with Crippen LogP contribution in [0.3, 0.4) is 0 Å². The molecule has 13 heavy (non-hydrogen) atoms. The highest BCUT2D eigenvalue weighted by Gasteiger charge is 2.28. The molecule has 76 valence electrons. The van der Waals surface area contributed by atoms with Gasteiger partial charge < -0.3 is 10.4 Å². The van der Waals surface area contributed by atoms with Gasteiger partial charge in [0.2, 0.25) is 5.91 Å². The smallest absolute Gasteiger partial charge is 0.220 e. The third-order valence-electron chi connectivity index (χ3n) is 2.90. The molecule has 0 spiro atoms. The lowest BCUT2D eigenvalue weighted by Crippen LogP contribution is -2.45. The summed E-state index contributed by atoms with van der Waals surface area (Å²) in [7, 11) is 0. The van der Waals surface area contributed by atoms with Crippen molar-refractivity contribution in [3.05, 3.63) is 0 Å². The number of rotatable bonds is 2. The van der Waals surface area contributed by atoms with Gasteiger partial charge in [-0.15, -0.1) is 0 Å². The first-order valence-electron chi connectivity index (χ1n) is 5.12. The van der Waals surface area contributed by atoms with Crippen LogP contribution in [0.2, 0.25) is 0 Å². The standard InChI is InChI=1S/C10H19NO2/c1-3-7(2)10-8(12)5-4-6-9(13)11-10/h7-8,10,12H,3-6H2,1-2H3,(H,11,13). The summed E-state index contributed by atoms with van der Waals surface area (Å²) in [5.74, 6) is 0.443. The molecule has 0 aromatic carbocycles. The van der Waals surface area contributed by atoms with E-state index >= 15 is 0 Å². The zero-order chi connectivity index (χ0) is 9.84. The minimum absolute atomic E-state index is 0.0417. The number of nitrogens with one attached hydrogen (secondary N) is 1. The summed E-state index contributed by atoms with van der Waals surface area (Å²) in [4.78, 5) is 11.2. The summed E-state index contributed by atoms with van der Waals surface area (Å²) in [6.45, 7) is 4.15. The van der Waals surface area contributed by atoms with Gasteiger partial charge in [0.25, 0.3) is 0 Å². The molecule has 3 nitrogen and oxygen atoms in total. The highest BCUT2D eigenvalue weighted by Crippen LogP contribution is 2.18. The van der Waals surface area contributed by atoms with E-state index in [0.717, 1.165) is 19.3 Å². The second-order valence-electron chi connectivity index (χ2n) is 3.94. The van der Waals surface area contributed by atoms with Gasteiger partial charge in [0.05, 0.1) is 12.1 Å². The largest absolute Gasteiger partial charge is 0.391 e. The predicted octanol–water partition coefficient (Wildman–Crippen LogP) is 1.06. The molecule has 1 saturated heterocycles. The Bertz CT molecular complexity index is 182. The van der Waals surface area contributed by atoms with E-state index in [1.54, 1.807) is 0 Å². The van der Waals surface area contributed by atoms with Crippen LogP contribution in [0, 0.1) is 5.92 Å². The number of hydrogen-bond donors (Lipinski definition) is 2. The van der Waals surface area contributed by atoms with E-state index < -0.39 is 0 Å². The molecule has 1 heterocycles. The molecule has 1 fully saturated rings. The van der Waals surface area contributed by atoms with Gasteiger partial charge >= 0.3 is 0 Å². The topological polar surface area (TPSA) is 49.3 Å². The maximum atomic E-state index is 11.2.